The molecule has 5 nitrogen and oxygen atoms in total. The first-order valence-corrected chi connectivity index (χ1v) is 7.07. The van der Waals surface area contributed by atoms with E-state index < -0.39 is 11.6 Å². The average Bonchev–Trinajstić information content (AvgIpc) is 2.91. The van der Waals surface area contributed by atoms with Crippen LogP contribution in [0.25, 0.3) is 0 Å². The Labute approximate surface area is 127 Å². The lowest BCUT2D eigenvalue weighted by molar-refractivity contribution is -0.146. The molecular weight excluding hydrogens is 294 g/mol. The van der Waals surface area contributed by atoms with E-state index in [2.05, 4.69) is 5.32 Å². The topological polar surface area (TPSA) is 58.6 Å². The van der Waals surface area contributed by atoms with Gasteiger partial charge in [-0.3, -0.25) is 14.5 Å². The molecule has 1 aromatic carbocycles. The molecule has 0 radical (unpaired) electrons. The molecule has 1 saturated heterocycles. The highest BCUT2D eigenvalue weighted by Gasteiger charge is 2.31. The van der Waals surface area contributed by atoms with Crippen LogP contribution in [0, 0.1) is 11.6 Å². The van der Waals surface area contributed by atoms with Crippen LogP contribution in [0.5, 0.6) is 0 Å². The predicted octanol–water partition coefficient (Wildman–Crippen LogP) is 1.93. The van der Waals surface area contributed by atoms with Crippen molar-refractivity contribution in [1.29, 1.82) is 0 Å². The lowest BCUT2D eigenvalue weighted by Crippen LogP contribution is -2.38. The van der Waals surface area contributed by atoms with Crippen LogP contribution in [0.3, 0.4) is 0 Å². The number of amides is 1. The lowest BCUT2D eigenvalue weighted by Gasteiger charge is -2.21. The minimum atomic E-state index is -0.749. The standard InChI is InChI=1S/C15H18F2N2O3/c1-22-15(21)13-3-2-5-19(13)6-4-14(20)18-12-8-10(16)7-11(17)9-12/h7-9,13H,2-6H2,1H3,(H,18,20)/t13-/m0/s1. The molecule has 1 amide bonds. The third-order valence-electron chi connectivity index (χ3n) is 3.61. The molecule has 0 bridgehead atoms. The predicted molar refractivity (Wildman–Crippen MR) is 76.2 cm³/mol. The quantitative estimate of drug-likeness (QED) is 0.844. The largest absolute Gasteiger partial charge is 0.468 e. The Hall–Kier alpha value is -2.02. The minimum Gasteiger partial charge on any atom is -0.468 e. The molecule has 1 aliphatic heterocycles. The zero-order chi connectivity index (χ0) is 16.1. The summed E-state index contributed by atoms with van der Waals surface area (Å²) in [6.07, 6.45) is 1.71. The molecule has 7 heteroatoms. The van der Waals surface area contributed by atoms with Gasteiger partial charge >= 0.3 is 5.97 Å². The van der Waals surface area contributed by atoms with Crippen molar-refractivity contribution < 1.29 is 23.1 Å². The summed E-state index contributed by atoms with van der Waals surface area (Å²) < 4.78 is 30.8. The Kier molecular flexibility index (Phi) is 5.43. The molecule has 0 spiro atoms. The maximum absolute atomic E-state index is 13.0. The fourth-order valence-corrected chi connectivity index (χ4v) is 2.59. The van der Waals surface area contributed by atoms with Crippen molar-refractivity contribution in [3.05, 3.63) is 29.8 Å². The SMILES string of the molecule is COC(=O)[C@@H]1CCCN1CCC(=O)Nc1cc(F)cc(F)c1. The Morgan fingerprint density at radius 3 is 2.64 bits per heavy atom. The number of esters is 1. The second-order valence-corrected chi connectivity index (χ2v) is 5.17. The molecule has 1 N–H and O–H groups in total. The van der Waals surface area contributed by atoms with Gasteiger partial charge in [-0.1, -0.05) is 0 Å². The van der Waals surface area contributed by atoms with Crippen LogP contribution in [0.1, 0.15) is 19.3 Å². The summed E-state index contributed by atoms with van der Waals surface area (Å²) in [6, 6.07) is 2.52. The molecule has 0 saturated carbocycles. The fraction of sp³-hybridized carbons (Fsp3) is 0.467. The summed E-state index contributed by atoms with van der Waals surface area (Å²) in [7, 11) is 1.34. The van der Waals surface area contributed by atoms with Crippen molar-refractivity contribution in [3.63, 3.8) is 0 Å². The van der Waals surface area contributed by atoms with Gasteiger partial charge in [0, 0.05) is 24.7 Å². The smallest absolute Gasteiger partial charge is 0.323 e. The van der Waals surface area contributed by atoms with Gasteiger partial charge in [0.1, 0.15) is 17.7 Å². The van der Waals surface area contributed by atoms with Gasteiger partial charge in [0.2, 0.25) is 5.91 Å². The van der Waals surface area contributed by atoms with Crippen LogP contribution in [0.2, 0.25) is 0 Å². The Morgan fingerprint density at radius 2 is 2.00 bits per heavy atom. The van der Waals surface area contributed by atoms with Gasteiger partial charge in [0.25, 0.3) is 0 Å². The maximum Gasteiger partial charge on any atom is 0.323 e. The highest BCUT2D eigenvalue weighted by molar-refractivity contribution is 5.90. The number of nitrogens with zero attached hydrogens (tertiary/aromatic N) is 1. The van der Waals surface area contributed by atoms with Crippen molar-refractivity contribution in [2.75, 3.05) is 25.5 Å². The van der Waals surface area contributed by atoms with Gasteiger partial charge in [-0.15, -0.1) is 0 Å². The zero-order valence-electron chi connectivity index (χ0n) is 12.3. The first-order valence-electron chi connectivity index (χ1n) is 7.07. The van der Waals surface area contributed by atoms with E-state index in [1.807, 2.05) is 4.90 Å². The number of benzene rings is 1. The maximum atomic E-state index is 13.0. The number of rotatable bonds is 5. The van der Waals surface area contributed by atoms with E-state index in [9.17, 15) is 18.4 Å². The molecule has 120 valence electrons. The summed E-state index contributed by atoms with van der Waals surface area (Å²) in [5.74, 6) is -2.16. The van der Waals surface area contributed by atoms with Crippen LogP contribution in [-0.4, -0.2) is 43.0 Å². The van der Waals surface area contributed by atoms with Crippen molar-refractivity contribution in [1.82, 2.24) is 4.90 Å². The molecule has 1 heterocycles. The van der Waals surface area contributed by atoms with E-state index in [-0.39, 0.29) is 30.0 Å². The molecular formula is C15H18F2N2O3. The van der Waals surface area contributed by atoms with Crippen LogP contribution >= 0.6 is 0 Å². The monoisotopic (exact) mass is 312 g/mol. The second kappa shape index (κ2) is 7.31. The lowest BCUT2D eigenvalue weighted by atomic mass is 10.2. The number of carbonyl (C=O) groups is 2. The number of carbonyl (C=O) groups excluding carboxylic acids is 2. The third-order valence-corrected chi connectivity index (χ3v) is 3.61. The summed E-state index contributed by atoms with van der Waals surface area (Å²) >= 11 is 0. The average molecular weight is 312 g/mol. The van der Waals surface area contributed by atoms with Gasteiger partial charge in [-0.05, 0) is 31.5 Å². The van der Waals surface area contributed by atoms with Crippen LogP contribution < -0.4 is 5.32 Å². The number of methoxy groups -OCH3 is 1. The summed E-state index contributed by atoms with van der Waals surface area (Å²) in [5.41, 5.74) is 0.0773. The molecule has 1 atom stereocenters. The Balaban J connectivity index is 1.86. The number of hydrogen-bond donors (Lipinski definition) is 1. The fourth-order valence-electron chi connectivity index (χ4n) is 2.59. The van der Waals surface area contributed by atoms with Crippen LogP contribution in [0.15, 0.2) is 18.2 Å². The number of halogens is 2. The second-order valence-electron chi connectivity index (χ2n) is 5.17. The number of hydrogen-bond acceptors (Lipinski definition) is 4. The van der Waals surface area contributed by atoms with E-state index in [1.54, 1.807) is 0 Å². The highest BCUT2D eigenvalue weighted by atomic mass is 19.1. The Bertz CT molecular complexity index is 545. The van der Waals surface area contributed by atoms with Gasteiger partial charge in [-0.2, -0.15) is 0 Å². The van der Waals surface area contributed by atoms with E-state index in [0.29, 0.717) is 13.0 Å². The molecule has 2 rings (SSSR count). The minimum absolute atomic E-state index is 0.0773. The van der Waals surface area contributed by atoms with Gasteiger partial charge < -0.3 is 10.1 Å². The molecule has 0 aromatic heterocycles. The van der Waals surface area contributed by atoms with Crippen LogP contribution in [0.4, 0.5) is 14.5 Å². The van der Waals surface area contributed by atoms with Gasteiger partial charge in [0.15, 0.2) is 0 Å². The van der Waals surface area contributed by atoms with Crippen molar-refractivity contribution >= 4 is 17.6 Å². The highest BCUT2D eigenvalue weighted by Crippen LogP contribution is 2.19. The van der Waals surface area contributed by atoms with Crippen molar-refractivity contribution in [2.24, 2.45) is 0 Å². The summed E-state index contributed by atoms with van der Waals surface area (Å²) in [4.78, 5) is 25.3. The third kappa shape index (κ3) is 4.24. The Morgan fingerprint density at radius 1 is 1.32 bits per heavy atom. The summed E-state index contributed by atoms with van der Waals surface area (Å²) in [5, 5.41) is 2.44. The van der Waals surface area contributed by atoms with Gasteiger partial charge in [0.05, 0.1) is 7.11 Å². The molecule has 1 aliphatic rings. The molecule has 0 aliphatic carbocycles. The first-order chi connectivity index (χ1) is 10.5. The number of likely N-dealkylation sites (tertiary alicyclic amines) is 1. The first kappa shape index (κ1) is 16.4. The van der Waals surface area contributed by atoms with E-state index in [4.69, 9.17) is 4.74 Å². The van der Waals surface area contributed by atoms with E-state index >= 15 is 0 Å². The van der Waals surface area contributed by atoms with Crippen LogP contribution in [-0.2, 0) is 14.3 Å². The van der Waals surface area contributed by atoms with Crippen molar-refractivity contribution in [3.8, 4) is 0 Å². The molecule has 0 unspecified atom stereocenters. The summed E-state index contributed by atoms with van der Waals surface area (Å²) in [6.45, 7) is 1.12. The molecule has 22 heavy (non-hydrogen) atoms. The number of ether oxygens (including phenoxy) is 1. The normalized spacial score (nSPS) is 18.2. The molecule has 1 fully saturated rings. The zero-order valence-corrected chi connectivity index (χ0v) is 12.3. The van der Waals surface area contributed by atoms with Gasteiger partial charge in [-0.25, -0.2) is 8.78 Å². The van der Waals surface area contributed by atoms with E-state index in [0.717, 1.165) is 31.2 Å². The number of nitrogens with one attached hydrogen (secondary N) is 1. The molecule has 1 aromatic rings. The van der Waals surface area contributed by atoms with E-state index in [1.165, 1.54) is 7.11 Å². The van der Waals surface area contributed by atoms with Crippen molar-refractivity contribution in [2.45, 2.75) is 25.3 Å². The number of anilines is 1.